The Kier molecular flexibility index (Phi) is 8.62. The minimum absolute atomic E-state index is 0.0386. The molecule has 40 heavy (non-hydrogen) atoms. The van der Waals surface area contributed by atoms with Crippen molar-refractivity contribution in [3.8, 4) is 22.8 Å². The van der Waals surface area contributed by atoms with E-state index in [1.807, 2.05) is 32.0 Å². The van der Waals surface area contributed by atoms with Crippen molar-refractivity contribution < 1.29 is 23.4 Å². The Morgan fingerprint density at radius 3 is 2.42 bits per heavy atom. The minimum atomic E-state index is -0.409. The van der Waals surface area contributed by atoms with Gasteiger partial charge in [0.1, 0.15) is 11.3 Å². The first-order chi connectivity index (χ1) is 18.8. The maximum Gasteiger partial charge on any atom is 0.344 e. The number of aromatic nitrogens is 1. The Balaban J connectivity index is 1.19. The summed E-state index contributed by atoms with van der Waals surface area (Å²) >= 11 is 0. The molecule has 2 atom stereocenters. The fourth-order valence-corrected chi connectivity index (χ4v) is 5.87. The first-order valence-corrected chi connectivity index (χ1v) is 14.2. The van der Waals surface area contributed by atoms with Crippen LogP contribution in [0.1, 0.15) is 78.7 Å². The number of nitrogens with zero attached hydrogens (tertiary/aromatic N) is 1. The normalized spacial score (nSPS) is 20.4. The third kappa shape index (κ3) is 6.68. The van der Waals surface area contributed by atoms with E-state index < -0.39 is 5.63 Å². The summed E-state index contributed by atoms with van der Waals surface area (Å²) in [4.78, 5) is 29.8. The Hall–Kier alpha value is -3.35. The number of fused-ring (bicyclic) bond motifs is 1. The van der Waals surface area contributed by atoms with Gasteiger partial charge < -0.3 is 18.6 Å². The van der Waals surface area contributed by atoms with Crippen LogP contribution in [0.4, 0.5) is 0 Å². The average Bonchev–Trinajstić information content (AvgIpc) is 3.43. The van der Waals surface area contributed by atoms with Crippen LogP contribution < -0.4 is 15.1 Å². The molecule has 4 rings (SSSR count). The van der Waals surface area contributed by atoms with Crippen LogP contribution in [0, 0.1) is 23.2 Å². The summed E-state index contributed by atoms with van der Waals surface area (Å²) in [5.41, 5.74) is 2.13. The van der Waals surface area contributed by atoms with E-state index >= 15 is 0 Å². The van der Waals surface area contributed by atoms with Crippen LogP contribution in [0.25, 0.3) is 22.1 Å². The summed E-state index contributed by atoms with van der Waals surface area (Å²) in [6, 6.07) is 9.03. The molecule has 1 fully saturated rings. The van der Waals surface area contributed by atoms with E-state index in [-0.39, 0.29) is 22.2 Å². The molecule has 0 saturated heterocycles. The number of esters is 1. The number of pyridine rings is 1. The molecule has 7 nitrogen and oxygen atoms in total. The van der Waals surface area contributed by atoms with Gasteiger partial charge >= 0.3 is 11.6 Å². The van der Waals surface area contributed by atoms with E-state index in [4.69, 9.17) is 18.6 Å². The smallest absolute Gasteiger partial charge is 0.344 e. The van der Waals surface area contributed by atoms with Gasteiger partial charge in [-0.2, -0.15) is 0 Å². The largest absolute Gasteiger partial charge is 0.497 e. The summed E-state index contributed by atoms with van der Waals surface area (Å²) < 4.78 is 22.3. The molecule has 3 aromatic rings. The molecule has 0 spiro atoms. The maximum atomic E-state index is 12.7. The second-order valence-electron chi connectivity index (χ2n) is 12.9. The monoisotopic (exact) mass is 549 g/mol. The average molecular weight is 550 g/mol. The zero-order valence-corrected chi connectivity index (χ0v) is 25.0. The zero-order chi connectivity index (χ0) is 29.1. The van der Waals surface area contributed by atoms with Crippen molar-refractivity contribution in [1.29, 1.82) is 0 Å². The first kappa shape index (κ1) is 29.6. The van der Waals surface area contributed by atoms with Crippen molar-refractivity contribution in [3.63, 3.8) is 0 Å². The fraction of sp³-hybridized carbons (Fsp3) is 0.545. The first-order valence-electron chi connectivity index (χ1n) is 14.2. The van der Waals surface area contributed by atoms with Gasteiger partial charge in [-0.3, -0.25) is 4.79 Å². The highest BCUT2D eigenvalue weighted by Gasteiger charge is 2.67. The lowest BCUT2D eigenvalue weighted by Crippen LogP contribution is -2.25. The Labute approximate surface area is 237 Å². The van der Waals surface area contributed by atoms with E-state index in [1.165, 1.54) is 0 Å². The van der Waals surface area contributed by atoms with E-state index in [1.54, 1.807) is 25.4 Å². The summed E-state index contributed by atoms with van der Waals surface area (Å²) in [7, 11) is 1.61. The van der Waals surface area contributed by atoms with Crippen LogP contribution in [0.3, 0.4) is 0 Å². The number of aryl methyl sites for hydroxylation is 1. The van der Waals surface area contributed by atoms with Crippen LogP contribution in [0.15, 0.2) is 45.7 Å². The fourth-order valence-electron chi connectivity index (χ4n) is 5.87. The highest BCUT2D eigenvalue weighted by molar-refractivity contribution is 5.82. The van der Waals surface area contributed by atoms with Crippen molar-refractivity contribution in [2.24, 2.45) is 16.2 Å². The van der Waals surface area contributed by atoms with Crippen LogP contribution >= 0.6 is 0 Å². The van der Waals surface area contributed by atoms with Crippen LogP contribution in [0.2, 0.25) is 0 Å². The molecule has 216 valence electrons. The van der Waals surface area contributed by atoms with Gasteiger partial charge in [-0.15, -0.1) is 0 Å². The number of carbonyl (C=O) groups is 1. The molecule has 2 unspecified atom stereocenters. The van der Waals surface area contributed by atoms with Crippen molar-refractivity contribution in [3.05, 3.63) is 52.5 Å². The van der Waals surface area contributed by atoms with Crippen LogP contribution in [0.5, 0.6) is 11.6 Å². The Bertz CT molecular complexity index is 1420. The molecule has 0 amide bonds. The summed E-state index contributed by atoms with van der Waals surface area (Å²) in [5, 5.41) is 0.727. The molecule has 1 aliphatic rings. The number of hydrogen-bond acceptors (Lipinski definition) is 7. The molecule has 0 bridgehead atoms. The highest BCUT2D eigenvalue weighted by atomic mass is 16.5. The quantitative estimate of drug-likeness (QED) is 0.171. The number of methoxy groups -OCH3 is 1. The molecule has 0 aliphatic heterocycles. The van der Waals surface area contributed by atoms with Gasteiger partial charge in [0.05, 0.1) is 31.3 Å². The molecular weight excluding hydrogens is 506 g/mol. The van der Waals surface area contributed by atoms with Gasteiger partial charge in [-0.1, -0.05) is 33.8 Å². The molecule has 2 aromatic heterocycles. The van der Waals surface area contributed by atoms with E-state index in [0.717, 1.165) is 60.8 Å². The molecule has 1 saturated carbocycles. The molecule has 1 aliphatic carbocycles. The number of benzene rings is 1. The lowest BCUT2D eigenvalue weighted by atomic mass is 9.79. The second-order valence-corrected chi connectivity index (χ2v) is 12.9. The predicted octanol–water partition coefficient (Wildman–Crippen LogP) is 7.51. The third-order valence-corrected chi connectivity index (χ3v) is 8.16. The van der Waals surface area contributed by atoms with Crippen molar-refractivity contribution in [2.45, 2.75) is 80.1 Å². The Morgan fingerprint density at radius 1 is 1.02 bits per heavy atom. The van der Waals surface area contributed by atoms with Gasteiger partial charge in [0.15, 0.2) is 0 Å². The number of carbonyl (C=O) groups excluding carboxylic acids is 1. The minimum Gasteiger partial charge on any atom is -0.497 e. The SMILES string of the molecule is COc1ccc(-c2cc3cnc(OCCCCCCOC(=O)C4(C)CC4(C)CC(C)(C)C)cc3oc2=O)c(C)c1. The van der Waals surface area contributed by atoms with Crippen LogP contribution in [-0.2, 0) is 9.53 Å². The number of hydrogen-bond donors (Lipinski definition) is 0. The van der Waals surface area contributed by atoms with Crippen molar-refractivity contribution in [1.82, 2.24) is 4.98 Å². The Morgan fingerprint density at radius 2 is 1.75 bits per heavy atom. The van der Waals surface area contributed by atoms with Gasteiger partial charge in [-0.05, 0) is 92.5 Å². The zero-order valence-electron chi connectivity index (χ0n) is 25.0. The molecule has 7 heteroatoms. The molecule has 2 heterocycles. The lowest BCUT2D eigenvalue weighted by Gasteiger charge is -2.26. The van der Waals surface area contributed by atoms with E-state index in [9.17, 15) is 9.59 Å². The van der Waals surface area contributed by atoms with Crippen molar-refractivity contribution >= 4 is 16.9 Å². The number of unbranched alkanes of at least 4 members (excludes halogenated alkanes) is 3. The van der Waals surface area contributed by atoms with Gasteiger partial charge in [-0.25, -0.2) is 9.78 Å². The highest BCUT2D eigenvalue weighted by Crippen LogP contribution is 2.68. The lowest BCUT2D eigenvalue weighted by molar-refractivity contribution is -0.151. The molecular formula is C33H43NO6. The maximum absolute atomic E-state index is 12.7. The number of rotatable bonds is 12. The van der Waals surface area contributed by atoms with Gasteiger partial charge in [0.2, 0.25) is 5.88 Å². The number of ether oxygens (including phenoxy) is 3. The molecule has 0 radical (unpaired) electrons. The molecule has 1 aromatic carbocycles. The second kappa shape index (κ2) is 11.6. The predicted molar refractivity (Wildman–Crippen MR) is 157 cm³/mol. The van der Waals surface area contributed by atoms with E-state index in [0.29, 0.717) is 30.2 Å². The summed E-state index contributed by atoms with van der Waals surface area (Å²) in [6.45, 7) is 13.8. The molecule has 0 N–H and O–H groups in total. The topological polar surface area (TPSA) is 87.9 Å². The summed E-state index contributed by atoms with van der Waals surface area (Å²) in [6.07, 6.45) is 7.21. The standard InChI is InChI=1S/C33H43NO6/c1-22-16-24(37-7)12-13-25(22)26-17-23-19-34-28(18-27(23)40-29(26)35)38-14-10-8-9-11-15-39-30(36)33(6)21-32(33,5)20-31(2,3)4/h12-13,16-19H,8-11,14-15,20-21H2,1-7H3. The van der Waals surface area contributed by atoms with E-state index in [2.05, 4.69) is 32.7 Å². The van der Waals surface area contributed by atoms with Crippen LogP contribution in [-0.4, -0.2) is 31.3 Å². The van der Waals surface area contributed by atoms with Gasteiger partial charge in [0, 0.05) is 17.6 Å². The van der Waals surface area contributed by atoms with Gasteiger partial charge in [0.25, 0.3) is 0 Å². The van der Waals surface area contributed by atoms with Crippen molar-refractivity contribution in [2.75, 3.05) is 20.3 Å². The third-order valence-electron chi connectivity index (χ3n) is 8.16. The summed E-state index contributed by atoms with van der Waals surface area (Å²) in [5.74, 6) is 1.11.